The number of benzene rings is 5. The van der Waals surface area contributed by atoms with E-state index < -0.39 is 5.97 Å². The molecule has 0 fully saturated rings. The van der Waals surface area contributed by atoms with Gasteiger partial charge in [0, 0.05) is 67.1 Å². The Balaban J connectivity index is 1.34. The quantitative estimate of drug-likeness (QED) is 0.0462. The highest BCUT2D eigenvalue weighted by molar-refractivity contribution is 7.99. The number of aromatic nitrogens is 1. The van der Waals surface area contributed by atoms with Crippen LogP contribution in [0.1, 0.15) is 50.0 Å². The summed E-state index contributed by atoms with van der Waals surface area (Å²) in [6.07, 6.45) is 0.263. The van der Waals surface area contributed by atoms with Gasteiger partial charge in [0.25, 0.3) is 0 Å². The second kappa shape index (κ2) is 14.0. The number of nitrogens with zero attached hydrogens (tertiary/aromatic N) is 2. The van der Waals surface area contributed by atoms with Gasteiger partial charge >= 0.3 is 5.97 Å². The Morgan fingerprint density at radius 2 is 1.30 bits per heavy atom. The number of fused-ring (bicyclic) bond motifs is 3. The number of carbonyl (C=O) groups excluding carboxylic acids is 3. The Labute approximate surface area is 275 Å². The average molecular weight is 645 g/mol. The molecule has 0 amide bonds. The van der Waals surface area contributed by atoms with Gasteiger partial charge in [-0.2, -0.15) is 0 Å². The molecule has 0 saturated heterocycles. The molecule has 46 heavy (non-hydrogen) atoms. The molecule has 0 aliphatic rings. The molecule has 0 radical (unpaired) electrons. The molecule has 5 aromatic carbocycles. The zero-order valence-electron chi connectivity index (χ0n) is 25.0. The monoisotopic (exact) mass is 644 g/mol. The van der Waals surface area contributed by atoms with Crippen molar-refractivity contribution in [2.24, 2.45) is 5.16 Å². The molecule has 0 atom stereocenters. The van der Waals surface area contributed by atoms with Crippen molar-refractivity contribution < 1.29 is 19.2 Å². The number of carbonyl (C=O) groups is 3. The summed E-state index contributed by atoms with van der Waals surface area (Å²) in [5.41, 5.74) is 3.97. The molecule has 0 spiro atoms. The predicted octanol–water partition coefficient (Wildman–Crippen LogP) is 9.28. The molecule has 8 heteroatoms. The maximum absolute atomic E-state index is 14.0. The van der Waals surface area contributed by atoms with Crippen LogP contribution in [0.3, 0.4) is 0 Å². The predicted molar refractivity (Wildman–Crippen MR) is 185 cm³/mol. The van der Waals surface area contributed by atoms with E-state index in [-0.39, 0.29) is 23.7 Å². The number of aryl methyl sites for hydroxylation is 1. The first-order valence-electron chi connectivity index (χ1n) is 14.8. The van der Waals surface area contributed by atoms with Crippen LogP contribution < -0.4 is 0 Å². The van der Waals surface area contributed by atoms with Gasteiger partial charge in [-0.1, -0.05) is 65.3 Å². The molecule has 0 unspecified atom stereocenters. The topological polar surface area (TPSA) is 77.7 Å². The lowest BCUT2D eigenvalue weighted by Gasteiger charge is -2.08. The lowest BCUT2D eigenvalue weighted by molar-refractivity contribution is 0.0514. The second-order valence-corrected chi connectivity index (χ2v) is 12.2. The Hall–Kier alpha value is -4.98. The van der Waals surface area contributed by atoms with E-state index in [2.05, 4.69) is 16.6 Å². The van der Waals surface area contributed by atoms with Crippen LogP contribution >= 0.6 is 23.4 Å². The summed E-state index contributed by atoms with van der Waals surface area (Å²) in [6, 6.07) is 36.4. The van der Waals surface area contributed by atoms with Gasteiger partial charge < -0.3 is 9.40 Å². The smallest absolute Gasteiger partial charge is 0.341 e. The first kappa shape index (κ1) is 31.0. The van der Waals surface area contributed by atoms with Gasteiger partial charge in [-0.3, -0.25) is 9.59 Å². The third-order valence-electron chi connectivity index (χ3n) is 7.67. The van der Waals surface area contributed by atoms with E-state index in [1.807, 2.05) is 72.8 Å². The maximum atomic E-state index is 14.0. The summed E-state index contributed by atoms with van der Waals surface area (Å²) in [7, 11) is 0. The minimum absolute atomic E-state index is 0.0695. The second-order valence-electron chi connectivity index (χ2n) is 10.6. The number of hydrogen-bond acceptors (Lipinski definition) is 6. The number of halogens is 1. The van der Waals surface area contributed by atoms with Crippen LogP contribution in [0.25, 0.3) is 21.8 Å². The van der Waals surface area contributed by atoms with E-state index in [4.69, 9.17) is 16.4 Å². The molecule has 1 aromatic heterocycles. The Bertz CT molecular complexity index is 2090. The van der Waals surface area contributed by atoms with E-state index in [0.29, 0.717) is 39.6 Å². The Morgan fingerprint density at radius 1 is 0.717 bits per heavy atom. The van der Waals surface area contributed by atoms with E-state index in [1.165, 1.54) is 0 Å². The van der Waals surface area contributed by atoms with E-state index in [9.17, 15) is 14.4 Å². The van der Waals surface area contributed by atoms with Gasteiger partial charge in [-0.05, 0) is 79.7 Å². The number of oxime groups is 1. The van der Waals surface area contributed by atoms with Crippen molar-refractivity contribution in [2.45, 2.75) is 24.8 Å². The highest BCUT2D eigenvalue weighted by atomic mass is 35.5. The van der Waals surface area contributed by atoms with Crippen molar-refractivity contribution in [1.29, 1.82) is 0 Å². The molecule has 1 heterocycles. The molecule has 0 N–H and O–H groups in total. The SMILES string of the molecule is CCn1c2ccc(C(=O)C(CCSc3ccc(Cl)cc3)=NOC(=O)c3ccccc3)cc2c2cc(C(=O)c3ccccc3)ccc21. The molecule has 0 saturated carbocycles. The van der Waals surface area contributed by atoms with Crippen LogP contribution in [0.4, 0.5) is 0 Å². The summed E-state index contributed by atoms with van der Waals surface area (Å²) in [5.74, 6) is -0.529. The van der Waals surface area contributed by atoms with Crippen LogP contribution in [-0.4, -0.2) is 33.6 Å². The molecule has 0 aliphatic carbocycles. The van der Waals surface area contributed by atoms with Crippen LogP contribution in [0.5, 0.6) is 0 Å². The first-order chi connectivity index (χ1) is 22.4. The van der Waals surface area contributed by atoms with Crippen molar-refractivity contribution in [2.75, 3.05) is 5.75 Å². The van der Waals surface area contributed by atoms with Crippen molar-refractivity contribution >= 4 is 68.4 Å². The standard InChI is InChI=1S/C38H29ClN2O4S/c1-2-41-34-19-13-27(36(42)25-9-5-3-6-10-25)23-31(34)32-24-28(14-20-35(32)41)37(43)33(21-22-46-30-17-15-29(39)16-18-30)40-45-38(44)26-11-7-4-8-12-26/h3-20,23-24H,2,21-22H2,1H3. The summed E-state index contributed by atoms with van der Waals surface area (Å²) < 4.78 is 2.16. The summed E-state index contributed by atoms with van der Waals surface area (Å²) in [5, 5.41) is 6.46. The highest BCUT2D eigenvalue weighted by Gasteiger charge is 2.20. The average Bonchev–Trinajstić information content (AvgIpc) is 3.42. The minimum Gasteiger partial charge on any atom is -0.341 e. The normalized spacial score (nSPS) is 11.6. The van der Waals surface area contributed by atoms with Gasteiger partial charge in [-0.15, -0.1) is 11.8 Å². The van der Waals surface area contributed by atoms with Crippen LogP contribution in [0, 0.1) is 0 Å². The fourth-order valence-corrected chi connectivity index (χ4v) is 6.36. The lowest BCUT2D eigenvalue weighted by atomic mass is 9.99. The Morgan fingerprint density at radius 3 is 1.93 bits per heavy atom. The van der Waals surface area contributed by atoms with E-state index in [1.54, 1.807) is 60.3 Å². The number of thioether (sulfide) groups is 1. The Kier molecular flexibility index (Phi) is 9.43. The van der Waals surface area contributed by atoms with Gasteiger partial charge in [0.15, 0.2) is 5.78 Å². The largest absolute Gasteiger partial charge is 0.365 e. The third-order valence-corrected chi connectivity index (χ3v) is 8.94. The molecular weight excluding hydrogens is 616 g/mol. The fraction of sp³-hybridized carbons (Fsp3) is 0.105. The van der Waals surface area contributed by atoms with Gasteiger partial charge in [0.05, 0.1) is 5.56 Å². The molecule has 6 rings (SSSR count). The molecule has 0 bridgehead atoms. The van der Waals surface area contributed by atoms with E-state index in [0.717, 1.165) is 26.7 Å². The van der Waals surface area contributed by atoms with Crippen LogP contribution in [-0.2, 0) is 11.4 Å². The summed E-state index contributed by atoms with van der Waals surface area (Å²) >= 11 is 7.57. The third kappa shape index (κ3) is 6.66. The lowest BCUT2D eigenvalue weighted by Crippen LogP contribution is -2.17. The number of rotatable bonds is 11. The molecular formula is C38H29ClN2O4S. The summed E-state index contributed by atoms with van der Waals surface area (Å²) in [4.78, 5) is 46.2. The fourth-order valence-electron chi connectivity index (χ4n) is 5.37. The highest BCUT2D eigenvalue weighted by Crippen LogP contribution is 2.32. The molecule has 228 valence electrons. The van der Waals surface area contributed by atoms with Gasteiger partial charge in [-0.25, -0.2) is 4.79 Å². The molecule has 0 aliphatic heterocycles. The first-order valence-corrected chi connectivity index (χ1v) is 16.2. The van der Waals surface area contributed by atoms with Crippen molar-refractivity contribution in [3.8, 4) is 0 Å². The number of hydrogen-bond donors (Lipinski definition) is 0. The van der Waals surface area contributed by atoms with Crippen molar-refractivity contribution in [3.63, 3.8) is 0 Å². The maximum Gasteiger partial charge on any atom is 0.365 e. The number of ketones is 2. The van der Waals surface area contributed by atoms with Crippen LogP contribution in [0.2, 0.25) is 5.02 Å². The summed E-state index contributed by atoms with van der Waals surface area (Å²) in [6.45, 7) is 2.77. The number of Topliss-reactive ketones (excluding diaryl/α,β-unsaturated/α-hetero) is 1. The van der Waals surface area contributed by atoms with Crippen LogP contribution in [0.15, 0.2) is 131 Å². The molecule has 6 nitrogen and oxygen atoms in total. The zero-order valence-corrected chi connectivity index (χ0v) is 26.6. The zero-order chi connectivity index (χ0) is 32.0. The minimum atomic E-state index is -0.645. The van der Waals surface area contributed by atoms with Gasteiger partial charge in [0.1, 0.15) is 5.71 Å². The molecule has 6 aromatic rings. The van der Waals surface area contributed by atoms with Gasteiger partial charge in [0.2, 0.25) is 5.78 Å². The van der Waals surface area contributed by atoms with Crippen molar-refractivity contribution in [1.82, 2.24) is 4.57 Å². The van der Waals surface area contributed by atoms with E-state index >= 15 is 0 Å². The van der Waals surface area contributed by atoms with Crippen molar-refractivity contribution in [3.05, 3.63) is 149 Å².